The molecular weight excluding hydrogens is 295 g/mol. The molecule has 6 heteroatoms. The summed E-state index contributed by atoms with van der Waals surface area (Å²) in [6.45, 7) is 1.07. The number of nitrogens with one attached hydrogen (secondary N) is 1. The number of carbonyl (C=O) groups excluding carboxylic acids is 1. The standard InChI is InChI=1S/C17H15FN4O/c18-16-7-5-15(6-8-16)17(23)20-9-13-1-3-14(4-2-13)10-22-12-19-11-21-22/h1-8,11-12H,9-10H2,(H,20,23). The molecule has 0 fully saturated rings. The van der Waals surface area contributed by atoms with E-state index in [0.29, 0.717) is 18.7 Å². The fourth-order valence-electron chi connectivity index (χ4n) is 2.15. The lowest BCUT2D eigenvalue weighted by molar-refractivity contribution is 0.0951. The van der Waals surface area contributed by atoms with Crippen molar-refractivity contribution in [3.05, 3.63) is 83.7 Å². The Morgan fingerprint density at radius 1 is 1.04 bits per heavy atom. The zero-order chi connectivity index (χ0) is 16.1. The van der Waals surface area contributed by atoms with Crippen LogP contribution in [-0.4, -0.2) is 20.7 Å². The second-order valence-corrected chi connectivity index (χ2v) is 5.10. The molecule has 0 atom stereocenters. The summed E-state index contributed by atoms with van der Waals surface area (Å²) in [5.41, 5.74) is 2.53. The van der Waals surface area contributed by atoms with Gasteiger partial charge in [0.2, 0.25) is 0 Å². The van der Waals surface area contributed by atoms with Gasteiger partial charge >= 0.3 is 0 Å². The summed E-state index contributed by atoms with van der Waals surface area (Å²) >= 11 is 0. The molecule has 1 heterocycles. The average molecular weight is 310 g/mol. The lowest BCUT2D eigenvalue weighted by atomic mass is 10.1. The van der Waals surface area contributed by atoms with Gasteiger partial charge < -0.3 is 5.32 Å². The van der Waals surface area contributed by atoms with Gasteiger partial charge in [-0.3, -0.25) is 4.79 Å². The highest BCUT2D eigenvalue weighted by molar-refractivity contribution is 5.94. The van der Waals surface area contributed by atoms with Crippen molar-refractivity contribution in [1.82, 2.24) is 20.1 Å². The Morgan fingerprint density at radius 3 is 2.39 bits per heavy atom. The second kappa shape index (κ2) is 6.83. The number of benzene rings is 2. The van der Waals surface area contributed by atoms with Crippen LogP contribution in [0.2, 0.25) is 0 Å². The summed E-state index contributed by atoms with van der Waals surface area (Å²) in [5, 5.41) is 6.87. The summed E-state index contributed by atoms with van der Waals surface area (Å²) in [5.74, 6) is -0.582. The number of halogens is 1. The van der Waals surface area contributed by atoms with Gasteiger partial charge in [-0.2, -0.15) is 5.10 Å². The molecule has 0 aliphatic heterocycles. The molecule has 2 aromatic carbocycles. The Kier molecular flexibility index (Phi) is 4.42. The average Bonchev–Trinajstić information content (AvgIpc) is 3.07. The van der Waals surface area contributed by atoms with Gasteiger partial charge in [-0.15, -0.1) is 0 Å². The Labute approximate surface area is 132 Å². The summed E-state index contributed by atoms with van der Waals surface area (Å²) < 4.78 is 14.6. The van der Waals surface area contributed by atoms with E-state index in [4.69, 9.17) is 0 Å². The predicted octanol–water partition coefficient (Wildman–Crippen LogP) is 2.40. The lowest BCUT2D eigenvalue weighted by Gasteiger charge is -2.07. The SMILES string of the molecule is O=C(NCc1ccc(Cn2cncn2)cc1)c1ccc(F)cc1. The van der Waals surface area contributed by atoms with E-state index in [2.05, 4.69) is 15.4 Å². The zero-order valence-electron chi connectivity index (χ0n) is 12.3. The van der Waals surface area contributed by atoms with Crippen LogP contribution in [0.1, 0.15) is 21.5 Å². The monoisotopic (exact) mass is 310 g/mol. The maximum atomic E-state index is 12.8. The van der Waals surface area contributed by atoms with Crippen LogP contribution in [0.25, 0.3) is 0 Å². The minimum absolute atomic E-state index is 0.225. The van der Waals surface area contributed by atoms with Gasteiger partial charge in [-0.05, 0) is 35.4 Å². The molecule has 3 aromatic rings. The maximum Gasteiger partial charge on any atom is 0.251 e. The van der Waals surface area contributed by atoms with Crippen LogP contribution in [0.3, 0.4) is 0 Å². The van der Waals surface area contributed by atoms with Crippen molar-refractivity contribution in [2.24, 2.45) is 0 Å². The predicted molar refractivity (Wildman–Crippen MR) is 83.1 cm³/mol. The van der Waals surface area contributed by atoms with Crippen molar-refractivity contribution in [3.8, 4) is 0 Å². The minimum atomic E-state index is -0.357. The van der Waals surface area contributed by atoms with Gasteiger partial charge in [0, 0.05) is 12.1 Å². The molecule has 3 rings (SSSR count). The number of hydrogen-bond acceptors (Lipinski definition) is 3. The molecule has 116 valence electrons. The summed E-state index contributed by atoms with van der Waals surface area (Å²) in [6.07, 6.45) is 3.16. The van der Waals surface area contributed by atoms with E-state index < -0.39 is 0 Å². The Bertz CT molecular complexity index is 767. The summed E-state index contributed by atoms with van der Waals surface area (Å²) in [6, 6.07) is 13.4. The summed E-state index contributed by atoms with van der Waals surface area (Å²) in [4.78, 5) is 15.9. The zero-order valence-corrected chi connectivity index (χ0v) is 12.3. The highest BCUT2D eigenvalue weighted by Crippen LogP contribution is 2.07. The van der Waals surface area contributed by atoms with Gasteiger partial charge in [0.25, 0.3) is 5.91 Å². The van der Waals surface area contributed by atoms with Gasteiger partial charge in [0.1, 0.15) is 18.5 Å². The van der Waals surface area contributed by atoms with Crippen LogP contribution >= 0.6 is 0 Å². The number of rotatable bonds is 5. The lowest BCUT2D eigenvalue weighted by Crippen LogP contribution is -2.22. The van der Waals surface area contributed by atoms with Crippen molar-refractivity contribution in [2.75, 3.05) is 0 Å². The van der Waals surface area contributed by atoms with E-state index in [9.17, 15) is 9.18 Å². The van der Waals surface area contributed by atoms with Gasteiger partial charge in [-0.1, -0.05) is 24.3 Å². The van der Waals surface area contributed by atoms with E-state index in [1.54, 1.807) is 11.0 Å². The van der Waals surface area contributed by atoms with Crippen molar-refractivity contribution in [1.29, 1.82) is 0 Å². The fraction of sp³-hybridized carbons (Fsp3) is 0.118. The number of amides is 1. The third-order valence-corrected chi connectivity index (χ3v) is 3.39. The van der Waals surface area contributed by atoms with Crippen molar-refractivity contribution in [3.63, 3.8) is 0 Å². The van der Waals surface area contributed by atoms with E-state index in [1.165, 1.54) is 30.6 Å². The first-order chi connectivity index (χ1) is 11.2. The molecule has 0 unspecified atom stereocenters. The molecule has 0 spiro atoms. The molecular formula is C17H15FN4O. The van der Waals surface area contributed by atoms with Crippen LogP contribution in [0.4, 0.5) is 4.39 Å². The molecule has 5 nitrogen and oxygen atoms in total. The third kappa shape index (κ3) is 4.00. The van der Waals surface area contributed by atoms with E-state index in [-0.39, 0.29) is 11.7 Å². The molecule has 0 bridgehead atoms. The maximum absolute atomic E-state index is 12.8. The highest BCUT2D eigenvalue weighted by Gasteiger charge is 2.05. The van der Waals surface area contributed by atoms with Crippen molar-refractivity contribution < 1.29 is 9.18 Å². The van der Waals surface area contributed by atoms with Crippen LogP contribution in [-0.2, 0) is 13.1 Å². The van der Waals surface area contributed by atoms with Gasteiger partial charge in [0.05, 0.1) is 6.54 Å². The molecule has 23 heavy (non-hydrogen) atoms. The Balaban J connectivity index is 1.56. The van der Waals surface area contributed by atoms with Crippen LogP contribution in [0, 0.1) is 5.82 Å². The van der Waals surface area contributed by atoms with Crippen LogP contribution in [0.15, 0.2) is 61.2 Å². The normalized spacial score (nSPS) is 10.5. The Hall–Kier alpha value is -3.02. The Morgan fingerprint density at radius 2 is 1.74 bits per heavy atom. The number of carbonyl (C=O) groups is 1. The largest absolute Gasteiger partial charge is 0.348 e. The molecule has 0 radical (unpaired) electrons. The number of hydrogen-bond donors (Lipinski definition) is 1. The first-order valence-electron chi connectivity index (χ1n) is 7.15. The van der Waals surface area contributed by atoms with E-state index in [1.807, 2.05) is 24.3 Å². The van der Waals surface area contributed by atoms with E-state index >= 15 is 0 Å². The highest BCUT2D eigenvalue weighted by atomic mass is 19.1. The quantitative estimate of drug-likeness (QED) is 0.787. The molecule has 1 amide bonds. The molecule has 1 N–H and O–H groups in total. The molecule has 0 aliphatic rings. The molecule has 0 saturated heterocycles. The van der Waals surface area contributed by atoms with Crippen molar-refractivity contribution >= 4 is 5.91 Å². The minimum Gasteiger partial charge on any atom is -0.348 e. The molecule has 0 saturated carbocycles. The van der Waals surface area contributed by atoms with Crippen LogP contribution < -0.4 is 5.32 Å². The fourth-order valence-corrected chi connectivity index (χ4v) is 2.15. The van der Waals surface area contributed by atoms with E-state index in [0.717, 1.165) is 11.1 Å². The molecule has 0 aliphatic carbocycles. The first-order valence-corrected chi connectivity index (χ1v) is 7.15. The van der Waals surface area contributed by atoms with Crippen LogP contribution in [0.5, 0.6) is 0 Å². The third-order valence-electron chi connectivity index (χ3n) is 3.39. The second-order valence-electron chi connectivity index (χ2n) is 5.10. The smallest absolute Gasteiger partial charge is 0.251 e. The first kappa shape index (κ1) is 14.9. The topological polar surface area (TPSA) is 59.8 Å². The summed E-state index contributed by atoms with van der Waals surface area (Å²) in [7, 11) is 0. The van der Waals surface area contributed by atoms with Gasteiger partial charge in [-0.25, -0.2) is 14.1 Å². The molecule has 1 aromatic heterocycles. The number of nitrogens with zero attached hydrogens (tertiary/aromatic N) is 3. The number of aromatic nitrogens is 3. The van der Waals surface area contributed by atoms with Crippen molar-refractivity contribution in [2.45, 2.75) is 13.1 Å². The van der Waals surface area contributed by atoms with Gasteiger partial charge in [0.15, 0.2) is 0 Å².